The summed E-state index contributed by atoms with van der Waals surface area (Å²) in [5.41, 5.74) is 0. The molecule has 6 nitrogen and oxygen atoms in total. The number of rotatable bonds is 62. The molecule has 0 bridgehead atoms. The number of hydrogen-bond acceptors (Lipinski definition) is 5. The summed E-state index contributed by atoms with van der Waals surface area (Å²) in [5, 5.41) is 23.3. The summed E-state index contributed by atoms with van der Waals surface area (Å²) in [6, 6.07) is -0.547. The molecule has 0 saturated heterocycles. The largest absolute Gasteiger partial charge is 0.466 e. The molecule has 0 radical (unpaired) electrons. The summed E-state index contributed by atoms with van der Waals surface area (Å²) in [6.45, 7) is 4.96. The second kappa shape index (κ2) is 63.6. The molecule has 0 aliphatic carbocycles. The van der Waals surface area contributed by atoms with Gasteiger partial charge in [-0.05, 0) is 83.5 Å². The van der Waals surface area contributed by atoms with E-state index in [1.54, 1.807) is 0 Å². The molecule has 0 aromatic heterocycles. The average Bonchev–Trinajstić information content (AvgIpc) is 3.40. The van der Waals surface area contributed by atoms with Crippen LogP contribution in [0.25, 0.3) is 0 Å². The number of esters is 1. The lowest BCUT2D eigenvalue weighted by Crippen LogP contribution is -2.45. The van der Waals surface area contributed by atoms with Gasteiger partial charge in [-0.15, -0.1) is 0 Å². The predicted octanol–water partition coefficient (Wildman–Crippen LogP) is 21.1. The number of amides is 1. The zero-order valence-electron chi connectivity index (χ0n) is 49.8. The van der Waals surface area contributed by atoms with Crippen molar-refractivity contribution >= 4 is 11.9 Å². The van der Waals surface area contributed by atoms with Gasteiger partial charge in [-0.1, -0.05) is 301 Å². The number of ether oxygens (including phenoxy) is 1. The zero-order chi connectivity index (χ0) is 53.6. The van der Waals surface area contributed by atoms with Gasteiger partial charge in [0, 0.05) is 12.8 Å². The molecule has 3 N–H and O–H groups in total. The molecule has 74 heavy (non-hydrogen) atoms. The van der Waals surface area contributed by atoms with Crippen LogP contribution < -0.4 is 5.32 Å². The van der Waals surface area contributed by atoms with Gasteiger partial charge < -0.3 is 20.3 Å². The van der Waals surface area contributed by atoms with Crippen LogP contribution >= 0.6 is 0 Å². The number of nitrogens with one attached hydrogen (secondary N) is 1. The first-order valence-corrected chi connectivity index (χ1v) is 33.2. The molecule has 2 unspecified atom stereocenters. The van der Waals surface area contributed by atoms with Crippen molar-refractivity contribution in [3.8, 4) is 0 Å². The van der Waals surface area contributed by atoms with Gasteiger partial charge in [0.2, 0.25) is 5.91 Å². The fourth-order valence-electron chi connectivity index (χ4n) is 10.3. The third-order valence-electron chi connectivity index (χ3n) is 15.4. The van der Waals surface area contributed by atoms with Crippen LogP contribution in [0.3, 0.4) is 0 Å². The molecule has 436 valence electrons. The maximum atomic E-state index is 12.5. The third-order valence-corrected chi connectivity index (χ3v) is 15.4. The number of aliphatic hydroxyl groups is 2. The highest BCUT2D eigenvalue weighted by atomic mass is 16.5. The minimum absolute atomic E-state index is 0.00193. The Kier molecular flexibility index (Phi) is 62.0. The number of aliphatic hydroxyl groups excluding tert-OH is 2. The van der Waals surface area contributed by atoms with Crippen molar-refractivity contribution in [2.24, 2.45) is 0 Å². The van der Waals surface area contributed by atoms with Crippen molar-refractivity contribution < 1.29 is 24.5 Å². The molecular formula is C68H129NO5. The van der Waals surface area contributed by atoms with Gasteiger partial charge in [0.25, 0.3) is 0 Å². The van der Waals surface area contributed by atoms with E-state index < -0.39 is 12.1 Å². The molecule has 0 aliphatic rings. The lowest BCUT2D eigenvalue weighted by molar-refractivity contribution is -0.143. The maximum Gasteiger partial charge on any atom is 0.305 e. The lowest BCUT2D eigenvalue weighted by atomic mass is 10.0. The van der Waals surface area contributed by atoms with Gasteiger partial charge in [0.1, 0.15) is 0 Å². The van der Waals surface area contributed by atoms with Crippen LogP contribution in [0.1, 0.15) is 361 Å². The van der Waals surface area contributed by atoms with Crippen molar-refractivity contribution in [1.82, 2.24) is 5.32 Å². The lowest BCUT2D eigenvalue weighted by Gasteiger charge is -2.22. The second-order valence-corrected chi connectivity index (χ2v) is 22.8. The summed E-state index contributed by atoms with van der Waals surface area (Å²) in [4.78, 5) is 24.6. The van der Waals surface area contributed by atoms with Crippen LogP contribution in [0, 0.1) is 0 Å². The smallest absolute Gasteiger partial charge is 0.305 e. The van der Waals surface area contributed by atoms with E-state index >= 15 is 0 Å². The fraction of sp³-hybridized carbons (Fsp3) is 0.882. The van der Waals surface area contributed by atoms with Crippen LogP contribution in [0.4, 0.5) is 0 Å². The minimum Gasteiger partial charge on any atom is -0.466 e. The monoisotopic (exact) mass is 1040 g/mol. The van der Waals surface area contributed by atoms with Crippen molar-refractivity contribution in [1.29, 1.82) is 0 Å². The first-order chi connectivity index (χ1) is 36.5. The SMILES string of the molecule is CCCCCCCCC/C=C\CCCCCCCC(=O)OCCCCCCCCCCC/C=C\C/C=C\CCCCCCCCCCCC(=O)NC(CO)C(O)CCCCCCCCCCCCCCCCCC. The van der Waals surface area contributed by atoms with Crippen LogP contribution in [0.2, 0.25) is 0 Å². The quantitative estimate of drug-likeness (QED) is 0.0320. The highest BCUT2D eigenvalue weighted by Crippen LogP contribution is 2.18. The predicted molar refractivity (Wildman–Crippen MR) is 324 cm³/mol. The van der Waals surface area contributed by atoms with Gasteiger partial charge in [0.15, 0.2) is 0 Å². The van der Waals surface area contributed by atoms with E-state index in [1.807, 2.05) is 0 Å². The summed E-state index contributed by atoms with van der Waals surface area (Å²) in [7, 11) is 0. The van der Waals surface area contributed by atoms with Crippen LogP contribution in [-0.4, -0.2) is 47.4 Å². The van der Waals surface area contributed by atoms with Crippen LogP contribution in [-0.2, 0) is 14.3 Å². The van der Waals surface area contributed by atoms with Crippen molar-refractivity contribution in [2.75, 3.05) is 13.2 Å². The zero-order valence-corrected chi connectivity index (χ0v) is 49.8. The van der Waals surface area contributed by atoms with E-state index in [0.717, 1.165) is 51.4 Å². The second-order valence-electron chi connectivity index (χ2n) is 22.8. The van der Waals surface area contributed by atoms with E-state index in [2.05, 4.69) is 55.6 Å². The number of allylic oxidation sites excluding steroid dienone is 6. The van der Waals surface area contributed by atoms with Gasteiger partial charge in [-0.25, -0.2) is 0 Å². The molecule has 2 atom stereocenters. The van der Waals surface area contributed by atoms with Crippen molar-refractivity contribution in [3.63, 3.8) is 0 Å². The summed E-state index contributed by atoms with van der Waals surface area (Å²) in [5.74, 6) is -0.0371. The summed E-state index contributed by atoms with van der Waals surface area (Å²) >= 11 is 0. The molecule has 6 heteroatoms. The summed E-state index contributed by atoms with van der Waals surface area (Å²) in [6.07, 6.45) is 80.2. The highest BCUT2D eigenvalue weighted by molar-refractivity contribution is 5.76. The molecule has 0 saturated carbocycles. The van der Waals surface area contributed by atoms with E-state index in [4.69, 9.17) is 4.74 Å². The van der Waals surface area contributed by atoms with Gasteiger partial charge in [-0.3, -0.25) is 9.59 Å². The Hall–Kier alpha value is -1.92. The van der Waals surface area contributed by atoms with E-state index in [0.29, 0.717) is 25.9 Å². The topological polar surface area (TPSA) is 95.9 Å². The third kappa shape index (κ3) is 59.3. The Morgan fingerprint density at radius 3 is 1.04 bits per heavy atom. The molecular weight excluding hydrogens is 911 g/mol. The molecule has 0 rings (SSSR count). The normalized spacial score (nSPS) is 12.8. The molecule has 1 amide bonds. The number of unbranched alkanes of at least 4 members (excludes halogenated alkanes) is 45. The van der Waals surface area contributed by atoms with Gasteiger partial charge in [0.05, 0.1) is 25.4 Å². The van der Waals surface area contributed by atoms with Crippen LogP contribution in [0.5, 0.6) is 0 Å². The number of carbonyl (C=O) groups is 2. The number of carbonyl (C=O) groups excluding carboxylic acids is 2. The maximum absolute atomic E-state index is 12.5. The molecule has 0 spiro atoms. The fourth-order valence-corrected chi connectivity index (χ4v) is 10.3. The standard InChI is InChI=1S/C68H129NO5/c1-3-5-7-9-11-13-15-17-19-32-36-40-44-48-52-56-60-66(71)65(64-70)69-67(72)61-57-53-49-45-41-37-33-30-28-26-24-22-21-23-25-27-29-31-35-39-43-47-51-55-59-63-74-68(73)62-58-54-50-46-42-38-34-20-18-16-14-12-10-8-6-4-2/h20,22-25,34,65-66,70-71H,3-19,21,26-33,35-64H2,1-2H3,(H,69,72)/b24-22-,25-23-,34-20-. The first-order valence-electron chi connectivity index (χ1n) is 33.2. The van der Waals surface area contributed by atoms with Gasteiger partial charge >= 0.3 is 5.97 Å². The highest BCUT2D eigenvalue weighted by Gasteiger charge is 2.20. The number of hydrogen-bond donors (Lipinski definition) is 3. The Morgan fingerprint density at radius 2 is 0.676 bits per heavy atom. The molecule has 0 aromatic carbocycles. The van der Waals surface area contributed by atoms with E-state index in [9.17, 15) is 19.8 Å². The summed E-state index contributed by atoms with van der Waals surface area (Å²) < 4.78 is 5.48. The van der Waals surface area contributed by atoms with E-state index in [-0.39, 0.29) is 18.5 Å². The Morgan fingerprint density at radius 1 is 0.378 bits per heavy atom. The average molecular weight is 1040 g/mol. The van der Waals surface area contributed by atoms with Gasteiger partial charge in [-0.2, -0.15) is 0 Å². The first kappa shape index (κ1) is 72.1. The molecule has 0 fully saturated rings. The molecule has 0 aromatic rings. The molecule has 0 aliphatic heterocycles. The Bertz CT molecular complexity index is 1200. The Balaban J connectivity index is 3.43. The van der Waals surface area contributed by atoms with Crippen LogP contribution in [0.15, 0.2) is 36.5 Å². The van der Waals surface area contributed by atoms with E-state index in [1.165, 1.54) is 276 Å². The Labute approximate surface area is 462 Å². The minimum atomic E-state index is -0.669. The van der Waals surface area contributed by atoms with Crippen molar-refractivity contribution in [2.45, 2.75) is 373 Å². The van der Waals surface area contributed by atoms with Crippen molar-refractivity contribution in [3.05, 3.63) is 36.5 Å². The molecule has 0 heterocycles.